The zero-order valence-electron chi connectivity index (χ0n) is 23.4. The number of carbonyl (C=O) groups excluding carboxylic acids is 3. The van der Waals surface area contributed by atoms with Gasteiger partial charge in [0.25, 0.3) is 5.91 Å². The van der Waals surface area contributed by atoms with Crippen LogP contribution in [0, 0.1) is 5.92 Å². The van der Waals surface area contributed by atoms with Gasteiger partial charge in [0, 0.05) is 25.1 Å². The number of carbonyl (C=O) groups is 3. The number of fused-ring (bicyclic) bond motifs is 2. The number of pyridine rings is 1. The van der Waals surface area contributed by atoms with Crippen LogP contribution in [0.2, 0.25) is 0 Å². The summed E-state index contributed by atoms with van der Waals surface area (Å²) in [5, 5.41) is 22.3. The van der Waals surface area contributed by atoms with Gasteiger partial charge in [-0.2, -0.15) is 9.61 Å². The largest absolute Gasteiger partial charge is 0.345 e. The average Bonchev–Trinajstić information content (AvgIpc) is 3.61. The normalized spacial score (nSPS) is 19.0. The highest BCUT2D eigenvalue weighted by molar-refractivity contribution is 5.93. The Morgan fingerprint density at radius 3 is 2.61 bits per heavy atom. The standard InChI is InChI=1S/C28H34N10O3/c1-18(2)17-21-27(40)29-19(3)26-31-25(20-9-5-4-6-10-20)33-37(26)16-15-36(14-8-13-24(39)30-21)28(41)22-11-7-12-23-32-34-35-38(22)23/h4-7,9-12,18-19,21H,8,13-17H2,1-3H3,(H,29,40)(H,30,39)/t19-,21-/m1/s1. The van der Waals surface area contributed by atoms with E-state index in [9.17, 15) is 14.4 Å². The lowest BCUT2D eigenvalue weighted by atomic mass is 10.0. The quantitative estimate of drug-likeness (QED) is 0.386. The van der Waals surface area contributed by atoms with E-state index in [1.54, 1.807) is 27.8 Å². The lowest BCUT2D eigenvalue weighted by molar-refractivity contribution is -0.129. The first-order chi connectivity index (χ1) is 19.8. The number of aromatic nitrogens is 7. The van der Waals surface area contributed by atoms with Crippen molar-refractivity contribution in [2.24, 2.45) is 5.92 Å². The van der Waals surface area contributed by atoms with Crippen molar-refractivity contribution in [3.05, 3.63) is 60.0 Å². The van der Waals surface area contributed by atoms with Crippen molar-refractivity contribution >= 4 is 23.4 Å². The molecule has 0 saturated heterocycles. The molecule has 0 saturated carbocycles. The SMILES string of the molecule is CC(C)C[C@H]1NC(=O)CCCN(C(=O)c2cccc3nnnn23)CCn2nc(-c3ccccc3)nc2[C@@H](C)NC1=O. The van der Waals surface area contributed by atoms with Crippen molar-refractivity contribution in [2.75, 3.05) is 13.1 Å². The second-order valence-electron chi connectivity index (χ2n) is 10.6. The monoisotopic (exact) mass is 558 g/mol. The van der Waals surface area contributed by atoms with E-state index in [2.05, 4.69) is 26.2 Å². The van der Waals surface area contributed by atoms with E-state index in [0.717, 1.165) is 5.56 Å². The molecule has 3 amide bonds. The maximum absolute atomic E-state index is 13.8. The molecular formula is C28H34N10O3. The molecule has 41 heavy (non-hydrogen) atoms. The Morgan fingerprint density at radius 1 is 1.02 bits per heavy atom. The van der Waals surface area contributed by atoms with Gasteiger partial charge in [0.15, 0.2) is 11.5 Å². The van der Waals surface area contributed by atoms with E-state index in [1.807, 2.05) is 51.1 Å². The summed E-state index contributed by atoms with van der Waals surface area (Å²) in [4.78, 5) is 46.4. The van der Waals surface area contributed by atoms with Gasteiger partial charge in [-0.3, -0.25) is 14.4 Å². The molecule has 214 valence electrons. The number of tetrazole rings is 1. The van der Waals surface area contributed by atoms with Crippen molar-refractivity contribution in [1.29, 1.82) is 0 Å². The maximum atomic E-state index is 13.8. The van der Waals surface area contributed by atoms with Crippen molar-refractivity contribution in [3.8, 4) is 11.4 Å². The molecule has 5 rings (SSSR count). The lowest BCUT2D eigenvalue weighted by Gasteiger charge is -2.26. The third kappa shape index (κ3) is 6.39. The number of nitrogens with one attached hydrogen (secondary N) is 2. The van der Waals surface area contributed by atoms with E-state index < -0.39 is 12.1 Å². The maximum Gasteiger partial charge on any atom is 0.272 e. The summed E-state index contributed by atoms with van der Waals surface area (Å²) in [6.07, 6.45) is 1.07. The predicted molar refractivity (Wildman–Crippen MR) is 149 cm³/mol. The van der Waals surface area contributed by atoms with Crippen LogP contribution in [-0.2, 0) is 16.1 Å². The van der Waals surface area contributed by atoms with E-state index >= 15 is 0 Å². The fourth-order valence-corrected chi connectivity index (χ4v) is 4.95. The lowest BCUT2D eigenvalue weighted by Crippen LogP contribution is -2.48. The van der Waals surface area contributed by atoms with Gasteiger partial charge in [0.2, 0.25) is 11.8 Å². The summed E-state index contributed by atoms with van der Waals surface area (Å²) in [5.41, 5.74) is 1.62. The number of amides is 3. The van der Waals surface area contributed by atoms with Crippen LogP contribution in [0.4, 0.5) is 0 Å². The molecule has 4 aromatic rings. The molecule has 0 bridgehead atoms. The van der Waals surface area contributed by atoms with Crippen LogP contribution < -0.4 is 10.6 Å². The van der Waals surface area contributed by atoms with Gasteiger partial charge in [-0.15, -0.1) is 5.10 Å². The Hall–Kier alpha value is -4.68. The zero-order valence-corrected chi connectivity index (χ0v) is 23.4. The van der Waals surface area contributed by atoms with Crippen LogP contribution in [0.15, 0.2) is 48.5 Å². The summed E-state index contributed by atoms with van der Waals surface area (Å²) in [6.45, 7) is 6.79. The molecule has 13 heteroatoms. The summed E-state index contributed by atoms with van der Waals surface area (Å²) in [7, 11) is 0. The van der Waals surface area contributed by atoms with Gasteiger partial charge in [-0.1, -0.05) is 50.2 Å². The Kier molecular flexibility index (Phi) is 8.31. The third-order valence-electron chi connectivity index (χ3n) is 6.98. The molecule has 1 aliphatic rings. The molecule has 2 N–H and O–H groups in total. The van der Waals surface area contributed by atoms with E-state index in [-0.39, 0.29) is 30.1 Å². The predicted octanol–water partition coefficient (Wildman–Crippen LogP) is 2.03. The molecule has 0 radical (unpaired) electrons. The first-order valence-electron chi connectivity index (χ1n) is 13.9. The van der Waals surface area contributed by atoms with E-state index in [1.165, 1.54) is 4.52 Å². The van der Waals surface area contributed by atoms with E-state index in [4.69, 9.17) is 10.1 Å². The smallest absolute Gasteiger partial charge is 0.272 e. The van der Waals surface area contributed by atoms with Gasteiger partial charge in [-0.05, 0) is 48.2 Å². The van der Waals surface area contributed by atoms with Crippen molar-refractivity contribution in [2.45, 2.75) is 58.7 Å². The number of hydrogen-bond acceptors (Lipinski definition) is 8. The van der Waals surface area contributed by atoms with Crippen LogP contribution in [-0.4, -0.2) is 76.6 Å². The molecule has 0 spiro atoms. The average molecular weight is 559 g/mol. The zero-order chi connectivity index (χ0) is 28.9. The third-order valence-corrected chi connectivity index (χ3v) is 6.98. The summed E-state index contributed by atoms with van der Waals surface area (Å²) < 4.78 is 3.15. The molecule has 13 nitrogen and oxygen atoms in total. The molecule has 4 heterocycles. The molecule has 1 aromatic carbocycles. The van der Waals surface area contributed by atoms with Crippen molar-refractivity contribution in [1.82, 2.24) is 50.3 Å². The van der Waals surface area contributed by atoms with Crippen LogP contribution in [0.25, 0.3) is 17.0 Å². The van der Waals surface area contributed by atoms with Gasteiger partial charge < -0.3 is 15.5 Å². The summed E-state index contributed by atoms with van der Waals surface area (Å²) in [5.74, 6) is 0.502. The van der Waals surface area contributed by atoms with Gasteiger partial charge >= 0.3 is 0 Å². The van der Waals surface area contributed by atoms with Crippen LogP contribution >= 0.6 is 0 Å². The topological polar surface area (TPSA) is 152 Å². The second kappa shape index (κ2) is 12.2. The second-order valence-corrected chi connectivity index (χ2v) is 10.6. The van der Waals surface area contributed by atoms with Crippen LogP contribution in [0.1, 0.15) is 62.4 Å². The number of hydrogen-bond donors (Lipinski definition) is 2. The van der Waals surface area contributed by atoms with E-state index in [0.29, 0.717) is 55.5 Å². The van der Waals surface area contributed by atoms with Crippen molar-refractivity contribution < 1.29 is 14.4 Å². The highest BCUT2D eigenvalue weighted by Gasteiger charge is 2.27. The first-order valence-corrected chi connectivity index (χ1v) is 13.9. The Labute approximate surface area is 237 Å². The van der Waals surface area contributed by atoms with Crippen LogP contribution in [0.3, 0.4) is 0 Å². The Morgan fingerprint density at radius 2 is 1.83 bits per heavy atom. The van der Waals surface area contributed by atoms with Gasteiger partial charge in [0.1, 0.15) is 17.6 Å². The minimum absolute atomic E-state index is 0.170. The number of nitrogens with zero attached hydrogens (tertiary/aromatic N) is 8. The van der Waals surface area contributed by atoms with Crippen molar-refractivity contribution in [3.63, 3.8) is 0 Å². The summed E-state index contributed by atoms with van der Waals surface area (Å²) >= 11 is 0. The Balaban J connectivity index is 1.49. The highest BCUT2D eigenvalue weighted by atomic mass is 16.2. The summed E-state index contributed by atoms with van der Waals surface area (Å²) in [6, 6.07) is 13.5. The molecule has 0 aliphatic carbocycles. The molecule has 1 aliphatic heterocycles. The molecule has 2 atom stereocenters. The van der Waals surface area contributed by atoms with Gasteiger partial charge in [0.05, 0.1) is 12.6 Å². The minimum atomic E-state index is -0.687. The molecule has 3 aromatic heterocycles. The first kappa shape index (κ1) is 27.9. The Bertz CT molecular complexity index is 1530. The van der Waals surface area contributed by atoms with Gasteiger partial charge in [-0.25, -0.2) is 9.67 Å². The molecule has 0 unspecified atom stereocenters. The molecular weight excluding hydrogens is 524 g/mol. The highest BCUT2D eigenvalue weighted by Crippen LogP contribution is 2.20. The fraction of sp³-hybridized carbons (Fsp3) is 0.429. The minimum Gasteiger partial charge on any atom is -0.345 e. The fourth-order valence-electron chi connectivity index (χ4n) is 4.95. The molecule has 0 fully saturated rings. The van der Waals surface area contributed by atoms with Crippen LogP contribution in [0.5, 0.6) is 0 Å². The number of rotatable bonds is 4. The number of benzene rings is 1.